The van der Waals surface area contributed by atoms with Gasteiger partial charge in [0.05, 0.1) is 6.21 Å². The van der Waals surface area contributed by atoms with Crippen molar-refractivity contribution in [2.24, 2.45) is 10.2 Å². The van der Waals surface area contributed by atoms with Gasteiger partial charge in [-0.25, -0.2) is 0 Å². The van der Waals surface area contributed by atoms with E-state index in [1.54, 1.807) is 55.7 Å². The van der Waals surface area contributed by atoms with Crippen molar-refractivity contribution in [1.82, 2.24) is 0 Å². The summed E-state index contributed by atoms with van der Waals surface area (Å²) in [5, 5.41) is 5.27. The fraction of sp³-hybridized carbons (Fsp3) is 0.0625. The van der Waals surface area contributed by atoms with Crippen molar-refractivity contribution in [2.75, 3.05) is 12.4 Å². The maximum absolute atomic E-state index is 12.1. The number of rotatable bonds is 4. The van der Waals surface area contributed by atoms with Crippen LogP contribution in [0.3, 0.4) is 0 Å². The van der Waals surface area contributed by atoms with E-state index in [9.17, 15) is 9.28 Å². The van der Waals surface area contributed by atoms with Crippen LogP contribution in [0.2, 0.25) is 0 Å². The Bertz CT molecular complexity index is 651. The molecule has 0 saturated carbocycles. The van der Waals surface area contributed by atoms with Crippen molar-refractivity contribution in [2.45, 2.75) is 0 Å². The summed E-state index contributed by atoms with van der Waals surface area (Å²) in [6, 6.07) is 14.0. The molecule has 0 aliphatic heterocycles. The molecule has 2 rings (SSSR count). The Kier molecular flexibility index (Phi) is 4.93. The minimum Gasteiger partial charge on any atom is -0.322 e. The predicted molar refractivity (Wildman–Crippen MR) is 83.1 cm³/mol. The molecule has 2 aromatic carbocycles. The van der Waals surface area contributed by atoms with Gasteiger partial charge in [-0.05, 0) is 41.5 Å². The third-order valence-electron chi connectivity index (χ3n) is 2.75. The van der Waals surface area contributed by atoms with E-state index in [2.05, 4.69) is 15.5 Å². The Morgan fingerprint density at radius 3 is 2.38 bits per heavy atom. The Hall–Kier alpha value is -2.82. The molecule has 0 aromatic heterocycles. The highest BCUT2D eigenvalue weighted by atomic mass is 19.2. The Morgan fingerprint density at radius 1 is 1.10 bits per heavy atom. The highest BCUT2D eigenvalue weighted by Crippen LogP contribution is 2.14. The number of nitrogens with one attached hydrogen (secondary N) is 1. The highest BCUT2D eigenvalue weighted by molar-refractivity contribution is 6.05. The fourth-order valence-electron chi connectivity index (χ4n) is 1.90. The lowest BCUT2D eigenvalue weighted by molar-refractivity contribution is 0.102. The number of carbonyl (C=O) groups is 1. The van der Waals surface area contributed by atoms with Gasteiger partial charge >= 0.3 is 0 Å². The molecule has 1 amide bonds. The zero-order valence-corrected chi connectivity index (χ0v) is 11.5. The van der Waals surface area contributed by atoms with E-state index in [1.807, 2.05) is 6.07 Å². The summed E-state index contributed by atoms with van der Waals surface area (Å²) in [5.74, 6) is -0.232. The smallest absolute Gasteiger partial charge is 0.255 e. The van der Waals surface area contributed by atoms with Crippen molar-refractivity contribution in [1.29, 1.82) is 0 Å². The van der Waals surface area contributed by atoms with Gasteiger partial charge in [-0.1, -0.05) is 27.9 Å². The highest BCUT2D eigenvalue weighted by Gasteiger charge is 2.06. The van der Waals surface area contributed by atoms with E-state index in [-0.39, 0.29) is 5.91 Å². The molecule has 0 fully saturated rings. The second kappa shape index (κ2) is 7.09. The number of hydrogen-bond donors (Lipinski definition) is 1. The number of carbonyl (C=O) groups excluding carboxylic acids is 1. The number of aliphatic imine (C=N–C) groups is 1. The monoisotopic (exact) mass is 283 g/mol. The number of anilines is 1. The number of amides is 1. The number of benzene rings is 2. The standard InChI is InChI=1S/C16H14FN3O/c1-18-10-12-7-13(11-19-17)9-15(8-12)20-16(21)14-5-3-2-4-6-14/h2-11H,1H3,(H,20,21)/b18-10?,19-11+. The van der Waals surface area contributed by atoms with Gasteiger partial charge in [0.15, 0.2) is 0 Å². The molecule has 0 heterocycles. The van der Waals surface area contributed by atoms with Gasteiger partial charge in [0.2, 0.25) is 0 Å². The summed E-state index contributed by atoms with van der Waals surface area (Å²) < 4.78 is 12.1. The molecule has 4 nitrogen and oxygen atoms in total. The van der Waals surface area contributed by atoms with E-state index in [1.165, 1.54) is 0 Å². The summed E-state index contributed by atoms with van der Waals surface area (Å²) in [6.45, 7) is 0. The zero-order chi connectivity index (χ0) is 15.1. The van der Waals surface area contributed by atoms with Crippen LogP contribution in [-0.2, 0) is 0 Å². The van der Waals surface area contributed by atoms with E-state index < -0.39 is 0 Å². The lowest BCUT2D eigenvalue weighted by atomic mass is 10.1. The molecule has 0 unspecified atom stereocenters. The largest absolute Gasteiger partial charge is 0.322 e. The van der Waals surface area contributed by atoms with E-state index in [4.69, 9.17) is 0 Å². The van der Waals surface area contributed by atoms with Crippen LogP contribution in [0.25, 0.3) is 0 Å². The van der Waals surface area contributed by atoms with Crippen LogP contribution in [0.15, 0.2) is 58.7 Å². The first-order chi connectivity index (χ1) is 10.2. The number of halogens is 1. The molecule has 2 aromatic rings. The van der Waals surface area contributed by atoms with Gasteiger partial charge in [0.1, 0.15) is 0 Å². The van der Waals surface area contributed by atoms with E-state index in [0.717, 1.165) is 11.8 Å². The van der Waals surface area contributed by atoms with Gasteiger partial charge in [0, 0.05) is 24.5 Å². The maximum Gasteiger partial charge on any atom is 0.255 e. The predicted octanol–water partition coefficient (Wildman–Crippen LogP) is 3.29. The molecule has 5 heteroatoms. The molecule has 106 valence electrons. The first-order valence-electron chi connectivity index (χ1n) is 6.31. The Balaban J connectivity index is 2.28. The molecule has 0 saturated heterocycles. The van der Waals surface area contributed by atoms with E-state index >= 15 is 0 Å². The second-order valence-electron chi connectivity index (χ2n) is 4.32. The molecular weight excluding hydrogens is 269 g/mol. The summed E-state index contributed by atoms with van der Waals surface area (Å²) >= 11 is 0. The third-order valence-corrected chi connectivity index (χ3v) is 2.75. The van der Waals surface area contributed by atoms with Crippen molar-refractivity contribution in [3.8, 4) is 0 Å². The van der Waals surface area contributed by atoms with Gasteiger partial charge in [-0.15, -0.1) is 0 Å². The van der Waals surface area contributed by atoms with E-state index in [0.29, 0.717) is 16.8 Å². The summed E-state index contributed by atoms with van der Waals surface area (Å²) in [5.41, 5.74) is 2.39. The average Bonchev–Trinajstić information content (AvgIpc) is 2.48. The SMILES string of the molecule is CN=Cc1cc(/C=N/F)cc(NC(=O)c2ccccc2)c1. The lowest BCUT2D eigenvalue weighted by Crippen LogP contribution is -2.12. The minimum atomic E-state index is -0.232. The molecule has 0 bridgehead atoms. The summed E-state index contributed by atoms with van der Waals surface area (Å²) in [4.78, 5) is 16.0. The molecule has 0 spiro atoms. The zero-order valence-electron chi connectivity index (χ0n) is 11.5. The van der Waals surface area contributed by atoms with Crippen LogP contribution >= 0.6 is 0 Å². The molecule has 0 aliphatic carbocycles. The van der Waals surface area contributed by atoms with Crippen molar-refractivity contribution in [3.63, 3.8) is 0 Å². The Labute approximate surface area is 122 Å². The van der Waals surface area contributed by atoms with Crippen LogP contribution in [0, 0.1) is 0 Å². The number of hydrogen-bond acceptors (Lipinski definition) is 3. The van der Waals surface area contributed by atoms with Crippen molar-refractivity contribution >= 4 is 24.0 Å². The van der Waals surface area contributed by atoms with Gasteiger partial charge in [0.25, 0.3) is 5.91 Å². The first-order valence-corrected chi connectivity index (χ1v) is 6.31. The van der Waals surface area contributed by atoms with Crippen LogP contribution in [0.5, 0.6) is 0 Å². The number of nitrogens with zero attached hydrogens (tertiary/aromatic N) is 2. The third kappa shape index (κ3) is 4.07. The van der Waals surface area contributed by atoms with Crippen LogP contribution in [0.1, 0.15) is 21.5 Å². The van der Waals surface area contributed by atoms with Gasteiger partial charge < -0.3 is 5.32 Å². The van der Waals surface area contributed by atoms with Crippen molar-refractivity contribution in [3.05, 3.63) is 65.2 Å². The lowest BCUT2D eigenvalue weighted by Gasteiger charge is -2.07. The maximum atomic E-state index is 12.1. The minimum absolute atomic E-state index is 0.232. The molecule has 0 radical (unpaired) electrons. The average molecular weight is 283 g/mol. The van der Waals surface area contributed by atoms with Crippen LogP contribution in [0.4, 0.5) is 10.2 Å². The molecular formula is C16H14FN3O. The van der Waals surface area contributed by atoms with Crippen LogP contribution in [-0.4, -0.2) is 25.4 Å². The summed E-state index contributed by atoms with van der Waals surface area (Å²) in [6.07, 6.45) is 2.69. The molecule has 1 N–H and O–H groups in total. The second-order valence-corrected chi connectivity index (χ2v) is 4.32. The quantitative estimate of drug-likeness (QED) is 0.860. The summed E-state index contributed by atoms with van der Waals surface area (Å²) in [7, 11) is 1.64. The normalized spacial score (nSPS) is 11.1. The van der Waals surface area contributed by atoms with Gasteiger partial charge in [-0.3, -0.25) is 9.79 Å². The fourth-order valence-corrected chi connectivity index (χ4v) is 1.90. The van der Waals surface area contributed by atoms with Crippen molar-refractivity contribution < 1.29 is 9.28 Å². The topological polar surface area (TPSA) is 53.8 Å². The van der Waals surface area contributed by atoms with Crippen LogP contribution < -0.4 is 5.32 Å². The molecule has 21 heavy (non-hydrogen) atoms. The molecule has 0 atom stereocenters. The first kappa shape index (κ1) is 14.6. The Morgan fingerprint density at radius 2 is 1.76 bits per heavy atom. The van der Waals surface area contributed by atoms with Gasteiger partial charge in [-0.2, -0.15) is 0 Å². The molecule has 0 aliphatic rings.